The highest BCUT2D eigenvalue weighted by molar-refractivity contribution is 5.28. The van der Waals surface area contributed by atoms with Gasteiger partial charge in [-0.15, -0.1) is 0 Å². The second-order valence-electron chi connectivity index (χ2n) is 5.80. The van der Waals surface area contributed by atoms with Gasteiger partial charge >= 0.3 is 0 Å². The minimum atomic E-state index is 0.646. The first-order chi connectivity index (χ1) is 9.81. The van der Waals surface area contributed by atoms with Crippen molar-refractivity contribution in [2.24, 2.45) is 5.92 Å². The van der Waals surface area contributed by atoms with E-state index in [1.54, 1.807) is 4.80 Å². The number of nitrogens with one attached hydrogen (secondary N) is 1. The molecular weight excluding hydrogens is 248 g/mol. The Balaban J connectivity index is 1.55. The Bertz CT molecular complexity index is 526. The summed E-state index contributed by atoms with van der Waals surface area (Å²) in [5.41, 5.74) is 2.01. The van der Waals surface area contributed by atoms with Gasteiger partial charge < -0.3 is 5.32 Å². The van der Waals surface area contributed by atoms with Gasteiger partial charge in [-0.2, -0.15) is 15.0 Å². The summed E-state index contributed by atoms with van der Waals surface area (Å²) in [6.07, 6.45) is 7.11. The maximum Gasteiger partial charge on any atom is 0.0969 e. The van der Waals surface area contributed by atoms with Gasteiger partial charge in [0.15, 0.2) is 0 Å². The lowest BCUT2D eigenvalue weighted by Crippen LogP contribution is -2.32. The van der Waals surface area contributed by atoms with E-state index in [4.69, 9.17) is 0 Å². The summed E-state index contributed by atoms with van der Waals surface area (Å²) < 4.78 is 0. The SMILES string of the molecule is CC1CCC(NCc2cnn(-c3ccccc3)n2)CC1. The van der Waals surface area contributed by atoms with Gasteiger partial charge in [0.05, 0.1) is 17.6 Å². The van der Waals surface area contributed by atoms with Crippen LogP contribution in [0.15, 0.2) is 36.5 Å². The number of benzene rings is 1. The maximum absolute atomic E-state index is 4.52. The van der Waals surface area contributed by atoms with Gasteiger partial charge in [0, 0.05) is 12.6 Å². The predicted octanol–water partition coefficient (Wildman–Crippen LogP) is 2.94. The Morgan fingerprint density at radius 3 is 2.65 bits per heavy atom. The molecule has 0 aliphatic heterocycles. The topological polar surface area (TPSA) is 42.7 Å². The molecule has 3 rings (SSSR count). The Hall–Kier alpha value is -1.68. The van der Waals surface area contributed by atoms with E-state index in [-0.39, 0.29) is 0 Å². The van der Waals surface area contributed by atoms with Crippen molar-refractivity contribution in [3.63, 3.8) is 0 Å². The largest absolute Gasteiger partial charge is 0.308 e. The molecule has 1 aromatic carbocycles. The Kier molecular flexibility index (Phi) is 4.11. The molecule has 20 heavy (non-hydrogen) atoms. The van der Waals surface area contributed by atoms with Gasteiger partial charge in [0.25, 0.3) is 0 Å². The third kappa shape index (κ3) is 3.25. The number of hydrogen-bond acceptors (Lipinski definition) is 3. The molecule has 2 aromatic rings. The number of hydrogen-bond donors (Lipinski definition) is 1. The van der Waals surface area contributed by atoms with Crippen LogP contribution >= 0.6 is 0 Å². The van der Waals surface area contributed by atoms with Crippen LogP contribution in [0.3, 0.4) is 0 Å². The van der Waals surface area contributed by atoms with Crippen molar-refractivity contribution >= 4 is 0 Å². The molecule has 1 aliphatic carbocycles. The minimum Gasteiger partial charge on any atom is -0.308 e. The lowest BCUT2D eigenvalue weighted by Gasteiger charge is -2.26. The molecule has 0 unspecified atom stereocenters. The summed E-state index contributed by atoms with van der Waals surface area (Å²) >= 11 is 0. The van der Waals surface area contributed by atoms with Gasteiger partial charge in [-0.25, -0.2) is 0 Å². The molecule has 0 radical (unpaired) electrons. The first-order valence-corrected chi connectivity index (χ1v) is 7.51. The van der Waals surface area contributed by atoms with Crippen LogP contribution in [0, 0.1) is 5.92 Å². The fraction of sp³-hybridized carbons (Fsp3) is 0.500. The average molecular weight is 270 g/mol. The molecule has 0 atom stereocenters. The second-order valence-corrected chi connectivity index (χ2v) is 5.80. The van der Waals surface area contributed by atoms with Gasteiger partial charge in [0.2, 0.25) is 0 Å². The smallest absolute Gasteiger partial charge is 0.0969 e. The fourth-order valence-electron chi connectivity index (χ4n) is 2.77. The molecule has 1 aliphatic rings. The standard InChI is InChI=1S/C16H22N4/c1-13-7-9-14(10-8-13)17-11-15-12-18-20(19-15)16-5-3-2-4-6-16/h2-6,12-14,17H,7-11H2,1H3. The molecule has 0 saturated heterocycles. The highest BCUT2D eigenvalue weighted by Gasteiger charge is 2.17. The first kappa shape index (κ1) is 13.3. The van der Waals surface area contributed by atoms with Gasteiger partial charge in [-0.1, -0.05) is 25.1 Å². The van der Waals surface area contributed by atoms with Crippen LogP contribution in [0.25, 0.3) is 5.69 Å². The van der Waals surface area contributed by atoms with Crippen LogP contribution in [0.1, 0.15) is 38.3 Å². The summed E-state index contributed by atoms with van der Waals surface area (Å²) in [6, 6.07) is 10.7. The molecule has 4 heteroatoms. The van der Waals surface area contributed by atoms with Crippen LogP contribution in [0.5, 0.6) is 0 Å². The molecule has 0 spiro atoms. The molecule has 4 nitrogen and oxygen atoms in total. The number of rotatable bonds is 4. The number of aromatic nitrogens is 3. The van der Waals surface area contributed by atoms with E-state index in [1.165, 1.54) is 25.7 Å². The Labute approximate surface area is 120 Å². The Morgan fingerprint density at radius 2 is 1.90 bits per heavy atom. The summed E-state index contributed by atoms with van der Waals surface area (Å²) in [5.74, 6) is 0.895. The number of para-hydroxylation sites is 1. The van der Waals surface area contributed by atoms with Crippen LogP contribution in [-0.4, -0.2) is 21.0 Å². The zero-order valence-corrected chi connectivity index (χ0v) is 12.0. The molecule has 0 bridgehead atoms. The summed E-state index contributed by atoms with van der Waals surface area (Å²) in [5, 5.41) is 12.5. The zero-order valence-electron chi connectivity index (χ0n) is 12.0. The van der Waals surface area contributed by atoms with Crippen molar-refractivity contribution in [3.05, 3.63) is 42.2 Å². The Morgan fingerprint density at radius 1 is 1.15 bits per heavy atom. The quantitative estimate of drug-likeness (QED) is 0.929. The average Bonchev–Trinajstić information content (AvgIpc) is 2.97. The summed E-state index contributed by atoms with van der Waals surface area (Å²) in [7, 11) is 0. The highest BCUT2D eigenvalue weighted by Crippen LogP contribution is 2.23. The summed E-state index contributed by atoms with van der Waals surface area (Å²) in [6.45, 7) is 3.16. The van der Waals surface area contributed by atoms with Crippen molar-refractivity contribution in [1.82, 2.24) is 20.3 Å². The van der Waals surface area contributed by atoms with Crippen molar-refractivity contribution in [1.29, 1.82) is 0 Å². The van der Waals surface area contributed by atoms with E-state index in [0.29, 0.717) is 6.04 Å². The van der Waals surface area contributed by atoms with Crippen molar-refractivity contribution in [3.8, 4) is 5.69 Å². The lowest BCUT2D eigenvalue weighted by atomic mass is 9.87. The minimum absolute atomic E-state index is 0.646. The summed E-state index contributed by atoms with van der Waals surface area (Å²) in [4.78, 5) is 1.69. The molecule has 1 heterocycles. The molecular formula is C16H22N4. The van der Waals surface area contributed by atoms with Gasteiger partial charge in [-0.05, 0) is 43.7 Å². The van der Waals surface area contributed by atoms with E-state index in [2.05, 4.69) is 22.4 Å². The van der Waals surface area contributed by atoms with Crippen LogP contribution in [0.4, 0.5) is 0 Å². The molecule has 1 aromatic heterocycles. The molecule has 1 fully saturated rings. The van der Waals surface area contributed by atoms with Gasteiger partial charge in [0.1, 0.15) is 0 Å². The zero-order chi connectivity index (χ0) is 13.8. The van der Waals surface area contributed by atoms with Crippen LogP contribution < -0.4 is 5.32 Å². The molecule has 1 saturated carbocycles. The van der Waals surface area contributed by atoms with E-state index >= 15 is 0 Å². The number of nitrogens with zero attached hydrogens (tertiary/aromatic N) is 3. The third-order valence-electron chi connectivity index (χ3n) is 4.11. The van der Waals surface area contributed by atoms with Crippen LogP contribution in [-0.2, 0) is 6.54 Å². The van der Waals surface area contributed by atoms with Crippen molar-refractivity contribution in [2.75, 3.05) is 0 Å². The maximum atomic E-state index is 4.52. The normalized spacial score (nSPS) is 22.9. The molecule has 106 valence electrons. The molecule has 1 N–H and O–H groups in total. The van der Waals surface area contributed by atoms with Gasteiger partial charge in [-0.3, -0.25) is 0 Å². The molecule has 0 amide bonds. The monoisotopic (exact) mass is 270 g/mol. The van der Waals surface area contributed by atoms with Crippen molar-refractivity contribution < 1.29 is 0 Å². The van der Waals surface area contributed by atoms with E-state index in [9.17, 15) is 0 Å². The first-order valence-electron chi connectivity index (χ1n) is 7.51. The van der Waals surface area contributed by atoms with Crippen LogP contribution in [0.2, 0.25) is 0 Å². The van der Waals surface area contributed by atoms with E-state index < -0.39 is 0 Å². The predicted molar refractivity (Wildman–Crippen MR) is 79.6 cm³/mol. The van der Waals surface area contributed by atoms with E-state index in [1.807, 2.05) is 36.5 Å². The second kappa shape index (κ2) is 6.18. The van der Waals surface area contributed by atoms with E-state index in [0.717, 1.165) is 23.8 Å². The lowest BCUT2D eigenvalue weighted by molar-refractivity contribution is 0.306. The third-order valence-corrected chi connectivity index (χ3v) is 4.11. The highest BCUT2D eigenvalue weighted by atomic mass is 15.5. The fourth-order valence-corrected chi connectivity index (χ4v) is 2.77. The van der Waals surface area contributed by atoms with Crippen molar-refractivity contribution in [2.45, 2.75) is 45.2 Å².